The Morgan fingerprint density at radius 2 is 1.80 bits per heavy atom. The Balaban J connectivity index is 2.45. The van der Waals surface area contributed by atoms with Gasteiger partial charge in [0.05, 0.1) is 12.1 Å². The topological polar surface area (TPSA) is 59.3 Å². The first-order valence-electron chi connectivity index (χ1n) is 6.53. The van der Waals surface area contributed by atoms with Gasteiger partial charge >= 0.3 is 5.97 Å². The van der Waals surface area contributed by atoms with E-state index in [2.05, 4.69) is 6.92 Å². The van der Waals surface area contributed by atoms with Gasteiger partial charge in [-0.25, -0.2) is 0 Å². The third-order valence-electron chi connectivity index (χ3n) is 3.38. The van der Waals surface area contributed by atoms with Crippen LogP contribution < -0.4 is 5.56 Å². The number of aromatic nitrogens is 1. The average Bonchev–Trinajstić information content (AvgIpc) is 2.44. The van der Waals surface area contributed by atoms with Crippen molar-refractivity contribution < 1.29 is 9.90 Å². The van der Waals surface area contributed by atoms with E-state index in [4.69, 9.17) is 5.11 Å². The molecule has 4 heteroatoms. The fraction of sp³-hybridized carbons (Fsp3) is 0.250. The molecule has 0 saturated heterocycles. The maximum atomic E-state index is 12.1. The van der Waals surface area contributed by atoms with Gasteiger partial charge in [-0.05, 0) is 23.6 Å². The molecule has 0 amide bonds. The number of carboxylic acid groups (broad SMARTS) is 1. The van der Waals surface area contributed by atoms with Gasteiger partial charge in [0.1, 0.15) is 0 Å². The lowest BCUT2D eigenvalue weighted by atomic mass is 10.1. The second-order valence-electron chi connectivity index (χ2n) is 4.73. The van der Waals surface area contributed by atoms with Gasteiger partial charge in [-0.1, -0.05) is 37.3 Å². The van der Waals surface area contributed by atoms with Crippen LogP contribution in [0.3, 0.4) is 0 Å². The van der Waals surface area contributed by atoms with E-state index in [1.54, 1.807) is 19.2 Å². The molecule has 4 nitrogen and oxygen atoms in total. The molecule has 104 valence electrons. The van der Waals surface area contributed by atoms with Crippen LogP contribution in [0.4, 0.5) is 0 Å². The number of carbonyl (C=O) groups is 1. The molecule has 0 radical (unpaired) electrons. The first-order valence-corrected chi connectivity index (χ1v) is 6.53. The van der Waals surface area contributed by atoms with Crippen molar-refractivity contribution in [2.45, 2.75) is 19.8 Å². The summed E-state index contributed by atoms with van der Waals surface area (Å²) in [7, 11) is 1.66. The number of rotatable bonds is 4. The minimum atomic E-state index is -0.998. The molecule has 1 N–H and O–H groups in total. The average molecular weight is 271 g/mol. The van der Waals surface area contributed by atoms with E-state index in [1.165, 1.54) is 10.1 Å². The van der Waals surface area contributed by atoms with E-state index >= 15 is 0 Å². The maximum Gasteiger partial charge on any atom is 0.308 e. The summed E-state index contributed by atoms with van der Waals surface area (Å²) in [6.07, 6.45) is 0.721. The second-order valence-corrected chi connectivity index (χ2v) is 4.73. The van der Waals surface area contributed by atoms with E-state index in [9.17, 15) is 9.59 Å². The van der Waals surface area contributed by atoms with Gasteiger partial charge in [-0.2, -0.15) is 0 Å². The van der Waals surface area contributed by atoms with E-state index in [0.717, 1.165) is 17.7 Å². The van der Waals surface area contributed by atoms with Crippen molar-refractivity contribution in [1.82, 2.24) is 4.57 Å². The molecule has 1 aromatic heterocycles. The van der Waals surface area contributed by atoms with Crippen molar-refractivity contribution in [3.05, 3.63) is 57.9 Å². The van der Waals surface area contributed by atoms with Crippen LogP contribution >= 0.6 is 0 Å². The standard InChI is InChI=1S/C16H17NO3/c1-3-11-4-6-12(7-5-11)14-9-8-13(10-15(18)19)16(20)17(14)2/h4-9H,3,10H2,1-2H3,(H,18,19). The number of hydrogen-bond donors (Lipinski definition) is 1. The Morgan fingerprint density at radius 1 is 1.15 bits per heavy atom. The lowest BCUT2D eigenvalue weighted by Gasteiger charge is -2.10. The van der Waals surface area contributed by atoms with Crippen LogP contribution in [0.15, 0.2) is 41.2 Å². The molecule has 2 aromatic rings. The first kappa shape index (κ1) is 14.1. The molecule has 0 aliphatic heterocycles. The van der Waals surface area contributed by atoms with Crippen LogP contribution in [0.5, 0.6) is 0 Å². The molecular formula is C16H17NO3. The van der Waals surface area contributed by atoms with Gasteiger partial charge in [0.15, 0.2) is 0 Å². The van der Waals surface area contributed by atoms with E-state index in [-0.39, 0.29) is 12.0 Å². The van der Waals surface area contributed by atoms with Gasteiger partial charge in [0, 0.05) is 12.6 Å². The number of carboxylic acids is 1. The van der Waals surface area contributed by atoms with Crippen molar-refractivity contribution >= 4 is 5.97 Å². The quantitative estimate of drug-likeness (QED) is 0.927. The molecular weight excluding hydrogens is 254 g/mol. The van der Waals surface area contributed by atoms with Gasteiger partial charge in [0.25, 0.3) is 5.56 Å². The Morgan fingerprint density at radius 3 is 2.35 bits per heavy atom. The summed E-state index contributed by atoms with van der Waals surface area (Å²) in [5, 5.41) is 8.78. The number of hydrogen-bond acceptors (Lipinski definition) is 2. The Hall–Kier alpha value is -2.36. The molecule has 0 spiro atoms. The third-order valence-corrected chi connectivity index (χ3v) is 3.38. The van der Waals surface area contributed by atoms with Gasteiger partial charge in [-0.3, -0.25) is 9.59 Å². The van der Waals surface area contributed by atoms with Crippen molar-refractivity contribution in [2.75, 3.05) is 0 Å². The minimum Gasteiger partial charge on any atom is -0.481 e. The molecule has 0 saturated carbocycles. The molecule has 2 rings (SSSR count). The molecule has 0 unspecified atom stereocenters. The summed E-state index contributed by atoms with van der Waals surface area (Å²) in [6.45, 7) is 2.09. The number of pyridine rings is 1. The highest BCUT2D eigenvalue weighted by Crippen LogP contribution is 2.18. The van der Waals surface area contributed by atoms with Crippen molar-refractivity contribution in [2.24, 2.45) is 7.05 Å². The fourth-order valence-electron chi connectivity index (χ4n) is 2.19. The van der Waals surface area contributed by atoms with Crippen molar-refractivity contribution in [1.29, 1.82) is 0 Å². The molecule has 1 aromatic carbocycles. The molecule has 0 aliphatic carbocycles. The van der Waals surface area contributed by atoms with Crippen molar-refractivity contribution in [3.8, 4) is 11.3 Å². The maximum absolute atomic E-state index is 12.1. The van der Waals surface area contributed by atoms with Crippen molar-refractivity contribution in [3.63, 3.8) is 0 Å². The summed E-state index contributed by atoms with van der Waals surface area (Å²) in [5.41, 5.74) is 3.01. The first-order chi connectivity index (χ1) is 9.52. The summed E-state index contributed by atoms with van der Waals surface area (Å²) in [5.74, 6) is -0.998. The van der Waals surface area contributed by atoms with Gasteiger partial charge in [0.2, 0.25) is 0 Å². The zero-order valence-corrected chi connectivity index (χ0v) is 11.6. The molecule has 0 bridgehead atoms. The number of aryl methyl sites for hydroxylation is 1. The predicted molar refractivity (Wildman–Crippen MR) is 77.8 cm³/mol. The van der Waals surface area contributed by atoms with Crippen LogP contribution in [0.25, 0.3) is 11.3 Å². The molecule has 0 atom stereocenters. The number of nitrogens with zero attached hydrogens (tertiary/aromatic N) is 1. The van der Waals surface area contributed by atoms with Gasteiger partial charge < -0.3 is 9.67 Å². The normalized spacial score (nSPS) is 10.5. The van der Waals surface area contributed by atoms with Crippen LogP contribution in [0, 0.1) is 0 Å². The summed E-state index contributed by atoms with van der Waals surface area (Å²) >= 11 is 0. The largest absolute Gasteiger partial charge is 0.481 e. The van der Waals surface area contributed by atoms with Crippen LogP contribution in [0.1, 0.15) is 18.1 Å². The summed E-state index contributed by atoms with van der Waals surface area (Å²) < 4.78 is 1.50. The number of aliphatic carboxylic acids is 1. The predicted octanol–water partition coefficient (Wildman–Crippen LogP) is 2.24. The zero-order chi connectivity index (χ0) is 14.7. The lowest BCUT2D eigenvalue weighted by molar-refractivity contribution is -0.136. The van der Waals surface area contributed by atoms with Crippen LogP contribution in [-0.4, -0.2) is 15.6 Å². The fourth-order valence-corrected chi connectivity index (χ4v) is 2.19. The zero-order valence-electron chi connectivity index (χ0n) is 11.6. The molecule has 0 fully saturated rings. The smallest absolute Gasteiger partial charge is 0.308 e. The highest BCUT2D eigenvalue weighted by atomic mass is 16.4. The Kier molecular flexibility index (Phi) is 4.03. The second kappa shape index (κ2) is 5.74. The lowest BCUT2D eigenvalue weighted by Crippen LogP contribution is -2.23. The highest BCUT2D eigenvalue weighted by Gasteiger charge is 2.10. The summed E-state index contributed by atoms with van der Waals surface area (Å²) in [4.78, 5) is 22.8. The minimum absolute atomic E-state index is 0.248. The molecule has 20 heavy (non-hydrogen) atoms. The van der Waals surface area contributed by atoms with Gasteiger partial charge in [-0.15, -0.1) is 0 Å². The highest BCUT2D eigenvalue weighted by molar-refractivity contribution is 5.70. The molecule has 1 heterocycles. The van der Waals surface area contributed by atoms with E-state index < -0.39 is 5.97 Å². The monoisotopic (exact) mass is 271 g/mol. The van der Waals surface area contributed by atoms with E-state index in [1.807, 2.05) is 24.3 Å². The van der Waals surface area contributed by atoms with Crippen LogP contribution in [0.2, 0.25) is 0 Å². The van der Waals surface area contributed by atoms with E-state index in [0.29, 0.717) is 5.56 Å². The molecule has 0 aliphatic rings. The third kappa shape index (κ3) is 2.79. The summed E-state index contributed by atoms with van der Waals surface area (Å²) in [6, 6.07) is 11.4. The SMILES string of the molecule is CCc1ccc(-c2ccc(CC(=O)O)c(=O)n2C)cc1. The Labute approximate surface area is 117 Å². The number of benzene rings is 1. The van der Waals surface area contributed by atoms with Crippen LogP contribution in [-0.2, 0) is 24.7 Å². The Bertz CT molecular complexity index is 684.